The number of ether oxygens (including phenoxy) is 1. The van der Waals surface area contributed by atoms with E-state index in [0.29, 0.717) is 18.0 Å². The van der Waals surface area contributed by atoms with Gasteiger partial charge in [0.2, 0.25) is 0 Å². The molecule has 7 nitrogen and oxygen atoms in total. The quantitative estimate of drug-likeness (QED) is 0.429. The van der Waals surface area contributed by atoms with E-state index < -0.39 is 0 Å². The minimum absolute atomic E-state index is 0.619. The van der Waals surface area contributed by atoms with Crippen LogP contribution in [0.1, 0.15) is 0 Å². The first-order chi connectivity index (χ1) is 14.7. The lowest BCUT2D eigenvalue weighted by molar-refractivity contribution is 0.194. The van der Waals surface area contributed by atoms with Gasteiger partial charge in [-0.05, 0) is 48.6 Å². The molecule has 8 heteroatoms. The van der Waals surface area contributed by atoms with Gasteiger partial charge in [0, 0.05) is 56.4 Å². The third-order valence-corrected chi connectivity index (χ3v) is 5.73. The summed E-state index contributed by atoms with van der Waals surface area (Å²) in [4.78, 5) is 9.00. The Morgan fingerprint density at radius 3 is 2.53 bits per heavy atom. The molecule has 0 N–H and O–H groups in total. The molecule has 1 aromatic carbocycles. The fraction of sp³-hybridized carbons (Fsp3) is 0.318. The summed E-state index contributed by atoms with van der Waals surface area (Å²) in [5.41, 5.74) is 2.18. The number of allylic oxidation sites excluding steroid dienone is 1. The summed E-state index contributed by atoms with van der Waals surface area (Å²) in [7, 11) is 1.69. The van der Waals surface area contributed by atoms with Crippen molar-refractivity contribution >= 4 is 17.9 Å². The third-order valence-electron chi connectivity index (χ3n) is 5.30. The topological polar surface area (TPSA) is 51.4 Å². The van der Waals surface area contributed by atoms with Gasteiger partial charge in [-0.1, -0.05) is 6.08 Å². The first kappa shape index (κ1) is 20.3. The van der Waals surface area contributed by atoms with Gasteiger partial charge in [0.15, 0.2) is 10.6 Å². The molecule has 0 unspecified atom stereocenters. The van der Waals surface area contributed by atoms with Crippen LogP contribution in [-0.4, -0.2) is 57.5 Å². The van der Waals surface area contributed by atoms with Crippen molar-refractivity contribution in [2.24, 2.45) is 0 Å². The van der Waals surface area contributed by atoms with Gasteiger partial charge in [-0.25, -0.2) is 4.68 Å². The summed E-state index contributed by atoms with van der Waals surface area (Å²) in [6, 6.07) is 12.2. The molecule has 1 fully saturated rings. The predicted molar refractivity (Wildman–Crippen MR) is 121 cm³/mol. The average Bonchev–Trinajstić information content (AvgIpc) is 3.10. The molecule has 0 amide bonds. The summed E-state index contributed by atoms with van der Waals surface area (Å²) in [5, 5.41) is 4.81. The van der Waals surface area contributed by atoms with Gasteiger partial charge in [0.05, 0.1) is 13.8 Å². The molecule has 0 saturated carbocycles. The van der Waals surface area contributed by atoms with E-state index in [1.165, 1.54) is 5.69 Å². The molecule has 0 atom stereocenters. The Bertz CT molecular complexity index is 1040. The van der Waals surface area contributed by atoms with Crippen molar-refractivity contribution in [1.82, 2.24) is 24.2 Å². The average molecular weight is 423 g/mol. The number of rotatable bonds is 7. The van der Waals surface area contributed by atoms with Crippen LogP contribution in [0.4, 0.5) is 5.69 Å². The second-order valence-corrected chi connectivity index (χ2v) is 7.56. The maximum atomic E-state index is 5.72. The molecule has 0 aliphatic carbocycles. The molecule has 2 aromatic heterocycles. The van der Waals surface area contributed by atoms with E-state index in [1.54, 1.807) is 13.3 Å². The third kappa shape index (κ3) is 4.29. The molecule has 0 bridgehead atoms. The van der Waals surface area contributed by atoms with Crippen LogP contribution in [0.15, 0.2) is 61.4 Å². The van der Waals surface area contributed by atoms with E-state index in [-0.39, 0.29) is 0 Å². The highest BCUT2D eigenvalue weighted by Crippen LogP contribution is 2.21. The molecule has 1 aliphatic heterocycles. The number of methoxy groups -OCH3 is 1. The van der Waals surface area contributed by atoms with E-state index in [4.69, 9.17) is 22.1 Å². The Labute approximate surface area is 181 Å². The number of nitrogens with zero attached hydrogens (tertiary/aromatic N) is 6. The molecule has 1 aliphatic rings. The van der Waals surface area contributed by atoms with Crippen LogP contribution in [0.3, 0.4) is 0 Å². The zero-order valence-electron chi connectivity index (χ0n) is 17.1. The van der Waals surface area contributed by atoms with Gasteiger partial charge >= 0.3 is 0 Å². The summed E-state index contributed by atoms with van der Waals surface area (Å²) in [5.74, 6) is 1.70. The highest BCUT2D eigenvalue weighted by molar-refractivity contribution is 7.71. The number of hydrogen-bond donors (Lipinski definition) is 0. The largest absolute Gasteiger partial charge is 0.497 e. The minimum Gasteiger partial charge on any atom is -0.497 e. The maximum absolute atomic E-state index is 5.72. The van der Waals surface area contributed by atoms with Gasteiger partial charge < -0.3 is 9.64 Å². The number of hydrogen-bond acceptors (Lipinski definition) is 6. The van der Waals surface area contributed by atoms with Crippen molar-refractivity contribution in [3.63, 3.8) is 0 Å². The molecule has 1 saturated heterocycles. The Morgan fingerprint density at radius 1 is 1.13 bits per heavy atom. The van der Waals surface area contributed by atoms with Crippen molar-refractivity contribution in [3.05, 3.63) is 66.2 Å². The number of aromatic nitrogens is 4. The standard InChI is InChI=1S/C22H26N6OS/c1-3-11-27-21(18-5-4-10-23-16-18)24-28(22(27)30)17-25-12-14-26(15-13-25)19-6-8-20(29-2)9-7-19/h3-10,16H,1,11-15,17H2,2H3. The SMILES string of the molecule is C=CCn1c(-c2cccnc2)nn(CN2CCN(c3ccc(OC)cc3)CC2)c1=S. The highest BCUT2D eigenvalue weighted by Gasteiger charge is 2.20. The van der Waals surface area contributed by atoms with Gasteiger partial charge in [-0.15, -0.1) is 6.58 Å². The number of anilines is 1. The lowest BCUT2D eigenvalue weighted by Crippen LogP contribution is -2.47. The molecule has 3 aromatic rings. The Hall–Kier alpha value is -2.97. The van der Waals surface area contributed by atoms with Crippen molar-refractivity contribution in [2.75, 3.05) is 38.2 Å². The second kappa shape index (κ2) is 9.23. The van der Waals surface area contributed by atoms with Gasteiger partial charge in [-0.3, -0.25) is 14.5 Å². The normalized spacial score (nSPS) is 14.6. The van der Waals surface area contributed by atoms with Crippen molar-refractivity contribution in [2.45, 2.75) is 13.2 Å². The Balaban J connectivity index is 1.46. The molecule has 0 spiro atoms. The van der Waals surface area contributed by atoms with Crippen LogP contribution in [0.5, 0.6) is 5.75 Å². The van der Waals surface area contributed by atoms with E-state index >= 15 is 0 Å². The van der Waals surface area contributed by atoms with Crippen LogP contribution >= 0.6 is 12.2 Å². The van der Waals surface area contributed by atoms with Crippen LogP contribution in [0, 0.1) is 4.77 Å². The first-order valence-electron chi connectivity index (χ1n) is 10.00. The fourth-order valence-electron chi connectivity index (χ4n) is 3.67. The van der Waals surface area contributed by atoms with Gasteiger partial charge in [0.25, 0.3) is 0 Å². The van der Waals surface area contributed by atoms with E-state index in [2.05, 4.69) is 33.5 Å². The summed E-state index contributed by atoms with van der Waals surface area (Å²) in [6.07, 6.45) is 5.42. The Kier molecular flexibility index (Phi) is 6.25. The molecule has 3 heterocycles. The monoisotopic (exact) mass is 422 g/mol. The predicted octanol–water partition coefficient (Wildman–Crippen LogP) is 3.45. The first-order valence-corrected chi connectivity index (χ1v) is 10.4. The smallest absolute Gasteiger partial charge is 0.199 e. The van der Waals surface area contributed by atoms with Crippen molar-refractivity contribution in [1.29, 1.82) is 0 Å². The zero-order valence-corrected chi connectivity index (χ0v) is 18.0. The lowest BCUT2D eigenvalue weighted by atomic mass is 10.2. The van der Waals surface area contributed by atoms with E-state index in [9.17, 15) is 0 Å². The minimum atomic E-state index is 0.619. The molecule has 4 rings (SSSR count). The highest BCUT2D eigenvalue weighted by atomic mass is 32.1. The summed E-state index contributed by atoms with van der Waals surface area (Å²) in [6.45, 7) is 8.97. The van der Waals surface area contributed by atoms with Crippen LogP contribution < -0.4 is 9.64 Å². The van der Waals surface area contributed by atoms with Crippen LogP contribution in [0.2, 0.25) is 0 Å². The van der Waals surface area contributed by atoms with E-state index in [0.717, 1.165) is 43.3 Å². The molecule has 0 radical (unpaired) electrons. The second-order valence-electron chi connectivity index (χ2n) is 7.19. The number of pyridine rings is 1. The summed E-state index contributed by atoms with van der Waals surface area (Å²) >= 11 is 5.72. The lowest BCUT2D eigenvalue weighted by Gasteiger charge is -2.35. The summed E-state index contributed by atoms with van der Waals surface area (Å²) < 4.78 is 9.87. The van der Waals surface area contributed by atoms with Crippen molar-refractivity contribution in [3.8, 4) is 17.1 Å². The molecule has 156 valence electrons. The fourth-order valence-corrected chi connectivity index (χ4v) is 3.92. The molecular formula is C22H26N6OS. The van der Waals surface area contributed by atoms with Gasteiger partial charge in [0.1, 0.15) is 5.75 Å². The number of benzene rings is 1. The van der Waals surface area contributed by atoms with Crippen LogP contribution in [-0.2, 0) is 13.2 Å². The van der Waals surface area contributed by atoms with Crippen LogP contribution in [0.25, 0.3) is 11.4 Å². The van der Waals surface area contributed by atoms with Crippen molar-refractivity contribution < 1.29 is 4.74 Å². The number of piperazine rings is 1. The van der Waals surface area contributed by atoms with E-state index in [1.807, 2.05) is 45.8 Å². The van der Waals surface area contributed by atoms with Gasteiger partial charge in [-0.2, -0.15) is 5.10 Å². The molecular weight excluding hydrogens is 396 g/mol. The zero-order chi connectivity index (χ0) is 20.9. The maximum Gasteiger partial charge on any atom is 0.199 e. The molecule has 30 heavy (non-hydrogen) atoms. The Morgan fingerprint density at radius 2 is 1.90 bits per heavy atom.